The summed E-state index contributed by atoms with van der Waals surface area (Å²) >= 11 is 12.3. The summed E-state index contributed by atoms with van der Waals surface area (Å²) < 4.78 is 6.00. The molecule has 1 aliphatic heterocycles. The lowest BCUT2D eigenvalue weighted by Crippen LogP contribution is -2.32. The van der Waals surface area contributed by atoms with Crippen LogP contribution in [-0.2, 0) is 17.6 Å². The molecule has 0 aliphatic carbocycles. The van der Waals surface area contributed by atoms with Gasteiger partial charge in [0.2, 0.25) is 5.91 Å². The number of anilines is 1. The molecule has 178 valence electrons. The minimum Gasteiger partial charge on any atom is -0.493 e. The number of likely N-dealkylation sites (tertiary alicyclic amines) is 1. The molecule has 1 saturated heterocycles. The summed E-state index contributed by atoms with van der Waals surface area (Å²) in [5.41, 5.74) is 2.50. The molecule has 8 heteroatoms. The molecule has 34 heavy (non-hydrogen) atoms. The molecule has 0 unspecified atom stereocenters. The smallest absolute Gasteiger partial charge is 0.230 e. The Morgan fingerprint density at radius 3 is 2.50 bits per heavy atom. The maximum absolute atomic E-state index is 12.5. The van der Waals surface area contributed by atoms with Crippen molar-refractivity contribution in [3.8, 4) is 5.75 Å². The maximum atomic E-state index is 12.5. The van der Waals surface area contributed by atoms with Crippen molar-refractivity contribution in [2.45, 2.75) is 25.7 Å². The van der Waals surface area contributed by atoms with E-state index in [2.05, 4.69) is 27.2 Å². The molecule has 1 N–H and O–H groups in total. The van der Waals surface area contributed by atoms with Crippen molar-refractivity contribution >= 4 is 34.9 Å². The number of nitrogens with zero attached hydrogens (tertiary/aromatic N) is 3. The molecule has 3 aromatic rings. The van der Waals surface area contributed by atoms with E-state index in [1.807, 2.05) is 24.3 Å². The molecular weight excluding hydrogens is 471 g/mol. The Morgan fingerprint density at radius 2 is 1.79 bits per heavy atom. The maximum Gasteiger partial charge on any atom is 0.230 e. The number of hydrogen-bond acceptors (Lipinski definition) is 5. The van der Waals surface area contributed by atoms with Crippen molar-refractivity contribution in [3.63, 3.8) is 0 Å². The average Bonchev–Trinajstić information content (AvgIpc) is 2.82. The molecule has 6 nitrogen and oxygen atoms in total. The first-order chi connectivity index (χ1) is 16.5. The third-order valence-electron chi connectivity index (χ3n) is 6.02. The highest BCUT2D eigenvalue weighted by Gasteiger charge is 2.17. The Hall–Kier alpha value is -2.67. The van der Waals surface area contributed by atoms with Crippen LogP contribution in [0.15, 0.2) is 54.9 Å². The number of nitrogens with one attached hydrogen (secondary N) is 1. The lowest BCUT2D eigenvalue weighted by molar-refractivity contribution is -0.115. The standard InChI is InChI=1S/C26H28Cl2N4O2/c1-32-11-9-19(10-12-32)16-34-21-7-5-18(6-8-21)13-20-14-25(30-17-29-20)31-26(33)15-22-23(27)3-2-4-24(22)28/h2-8,14,17,19H,9-13,15-16H2,1H3,(H,29,30,31,33). The molecule has 0 saturated carbocycles. The SMILES string of the molecule is CN1CCC(COc2ccc(Cc3cc(NC(=O)Cc4c(Cl)cccc4Cl)ncn3)cc2)CC1. The normalized spacial score (nSPS) is 14.7. The van der Waals surface area contributed by atoms with Crippen LogP contribution in [0.1, 0.15) is 29.7 Å². The molecule has 1 aromatic heterocycles. The van der Waals surface area contributed by atoms with E-state index in [1.54, 1.807) is 24.3 Å². The first kappa shape index (κ1) is 24.5. The van der Waals surface area contributed by atoms with Gasteiger partial charge in [-0.1, -0.05) is 41.4 Å². The Bertz CT molecular complexity index is 1100. The van der Waals surface area contributed by atoms with Crippen LogP contribution in [0.25, 0.3) is 0 Å². The number of rotatable bonds is 8. The van der Waals surface area contributed by atoms with Crippen molar-refractivity contribution in [1.29, 1.82) is 0 Å². The predicted molar refractivity (Wildman–Crippen MR) is 136 cm³/mol. The zero-order valence-electron chi connectivity index (χ0n) is 19.1. The van der Waals surface area contributed by atoms with Gasteiger partial charge < -0.3 is 15.0 Å². The second kappa shape index (κ2) is 11.6. The lowest BCUT2D eigenvalue weighted by atomic mass is 9.98. The highest BCUT2D eigenvalue weighted by molar-refractivity contribution is 6.36. The van der Waals surface area contributed by atoms with Gasteiger partial charge in [0.15, 0.2) is 0 Å². The van der Waals surface area contributed by atoms with Gasteiger partial charge in [-0.3, -0.25) is 4.79 Å². The van der Waals surface area contributed by atoms with Gasteiger partial charge in [0, 0.05) is 22.5 Å². The molecule has 0 atom stereocenters. The molecule has 0 spiro atoms. The minimum atomic E-state index is -0.245. The second-order valence-corrected chi connectivity index (χ2v) is 9.51. The van der Waals surface area contributed by atoms with Crippen molar-refractivity contribution in [2.75, 3.05) is 32.1 Å². The molecular formula is C26H28Cl2N4O2. The highest BCUT2D eigenvalue weighted by Crippen LogP contribution is 2.25. The van der Waals surface area contributed by atoms with E-state index >= 15 is 0 Å². The largest absolute Gasteiger partial charge is 0.493 e. The van der Waals surface area contributed by atoms with Crippen LogP contribution in [0.2, 0.25) is 10.0 Å². The highest BCUT2D eigenvalue weighted by atomic mass is 35.5. The summed E-state index contributed by atoms with van der Waals surface area (Å²) in [5, 5.41) is 3.73. The topological polar surface area (TPSA) is 67.3 Å². The molecule has 1 fully saturated rings. The van der Waals surface area contributed by atoms with Gasteiger partial charge in [0.05, 0.1) is 18.7 Å². The quantitative estimate of drug-likeness (QED) is 0.457. The van der Waals surface area contributed by atoms with Gasteiger partial charge in [-0.25, -0.2) is 9.97 Å². The first-order valence-corrected chi connectivity index (χ1v) is 12.2. The average molecular weight is 499 g/mol. The van der Waals surface area contributed by atoms with Crippen LogP contribution in [0.3, 0.4) is 0 Å². The van der Waals surface area contributed by atoms with Gasteiger partial charge >= 0.3 is 0 Å². The first-order valence-electron chi connectivity index (χ1n) is 11.4. The summed E-state index contributed by atoms with van der Waals surface area (Å²) in [6.45, 7) is 3.05. The molecule has 2 aromatic carbocycles. The monoisotopic (exact) mass is 498 g/mol. The Morgan fingerprint density at radius 1 is 1.09 bits per heavy atom. The summed E-state index contributed by atoms with van der Waals surface area (Å²) in [6.07, 6.45) is 4.51. The van der Waals surface area contributed by atoms with Crippen LogP contribution in [0.5, 0.6) is 5.75 Å². The fraction of sp³-hybridized carbons (Fsp3) is 0.346. The zero-order chi connectivity index (χ0) is 23.9. The second-order valence-electron chi connectivity index (χ2n) is 8.70. The predicted octanol–water partition coefficient (Wildman–Crippen LogP) is 5.28. The van der Waals surface area contributed by atoms with Gasteiger partial charge in [-0.05, 0) is 74.3 Å². The van der Waals surface area contributed by atoms with Gasteiger partial charge in [-0.15, -0.1) is 0 Å². The van der Waals surface area contributed by atoms with E-state index in [0.29, 0.717) is 33.8 Å². The summed E-state index contributed by atoms with van der Waals surface area (Å²) in [5.74, 6) is 1.71. The molecule has 0 bridgehead atoms. The Labute approximate surface area is 210 Å². The van der Waals surface area contributed by atoms with E-state index in [9.17, 15) is 4.79 Å². The number of piperidine rings is 1. The van der Waals surface area contributed by atoms with Crippen LogP contribution >= 0.6 is 23.2 Å². The fourth-order valence-electron chi connectivity index (χ4n) is 3.97. The number of ether oxygens (including phenoxy) is 1. The number of hydrogen-bond donors (Lipinski definition) is 1. The lowest BCUT2D eigenvalue weighted by Gasteiger charge is -2.28. The number of carbonyl (C=O) groups excluding carboxylic acids is 1. The summed E-state index contributed by atoms with van der Waals surface area (Å²) in [7, 11) is 2.17. The van der Waals surface area contributed by atoms with Crippen LogP contribution < -0.4 is 10.1 Å². The van der Waals surface area contributed by atoms with Crippen LogP contribution in [-0.4, -0.2) is 47.5 Å². The van der Waals surface area contributed by atoms with E-state index in [4.69, 9.17) is 27.9 Å². The van der Waals surface area contributed by atoms with Gasteiger partial charge in [0.25, 0.3) is 0 Å². The zero-order valence-corrected chi connectivity index (χ0v) is 20.6. The summed E-state index contributed by atoms with van der Waals surface area (Å²) in [6, 6.07) is 15.0. The number of halogens is 2. The van der Waals surface area contributed by atoms with Crippen LogP contribution in [0.4, 0.5) is 5.82 Å². The molecule has 1 aliphatic rings. The minimum absolute atomic E-state index is 0.0663. The van der Waals surface area contributed by atoms with Crippen LogP contribution in [0, 0.1) is 5.92 Å². The van der Waals surface area contributed by atoms with Crippen molar-refractivity contribution in [3.05, 3.63) is 81.7 Å². The molecule has 4 rings (SSSR count). The molecule has 2 heterocycles. The third-order valence-corrected chi connectivity index (χ3v) is 6.73. The Balaban J connectivity index is 1.30. The number of carbonyl (C=O) groups is 1. The van der Waals surface area contributed by atoms with E-state index in [1.165, 1.54) is 19.2 Å². The van der Waals surface area contributed by atoms with Gasteiger partial charge in [-0.2, -0.15) is 0 Å². The number of benzene rings is 2. The van der Waals surface area contributed by atoms with Crippen molar-refractivity contribution < 1.29 is 9.53 Å². The van der Waals surface area contributed by atoms with E-state index in [0.717, 1.165) is 36.7 Å². The van der Waals surface area contributed by atoms with E-state index < -0.39 is 0 Å². The number of aromatic nitrogens is 2. The fourth-order valence-corrected chi connectivity index (χ4v) is 4.50. The van der Waals surface area contributed by atoms with E-state index in [-0.39, 0.29) is 12.3 Å². The van der Waals surface area contributed by atoms with Crippen molar-refractivity contribution in [1.82, 2.24) is 14.9 Å². The number of amides is 1. The van der Waals surface area contributed by atoms with Gasteiger partial charge in [0.1, 0.15) is 17.9 Å². The van der Waals surface area contributed by atoms with Crippen molar-refractivity contribution in [2.24, 2.45) is 5.92 Å². The Kier molecular flexibility index (Phi) is 8.38. The molecule has 1 amide bonds. The third kappa shape index (κ3) is 6.92. The molecule has 0 radical (unpaired) electrons. The summed E-state index contributed by atoms with van der Waals surface area (Å²) in [4.78, 5) is 23.3.